The van der Waals surface area contributed by atoms with Gasteiger partial charge in [-0.2, -0.15) is 0 Å². The molecule has 0 amide bonds. The van der Waals surface area contributed by atoms with Crippen LogP contribution < -0.4 is 0 Å². The molecule has 0 unspecified atom stereocenters. The fraction of sp³-hybridized carbons (Fsp3) is 0.438. The Kier molecular flexibility index (Phi) is 3.35. The smallest absolute Gasteiger partial charge is 0.217 e. The topological polar surface area (TPSA) is 33.5 Å². The summed E-state index contributed by atoms with van der Waals surface area (Å²) in [4.78, 5) is 15.0. The first-order valence-electron chi connectivity index (χ1n) is 6.98. The number of benzene rings is 1. The van der Waals surface area contributed by atoms with Gasteiger partial charge in [-0.15, -0.1) is 0 Å². The van der Waals surface area contributed by atoms with Crippen molar-refractivity contribution in [2.24, 2.45) is 0 Å². The maximum absolute atomic E-state index is 12.8. The van der Waals surface area contributed by atoms with Gasteiger partial charge in [-0.3, -0.25) is 9.69 Å². The summed E-state index contributed by atoms with van der Waals surface area (Å²) in [6.07, 6.45) is 2.31. The molecule has 1 aromatic carbocycles. The third-order valence-electron chi connectivity index (χ3n) is 4.17. The molecule has 0 radical (unpaired) electrons. The van der Waals surface area contributed by atoms with Crippen molar-refractivity contribution in [3.63, 3.8) is 0 Å². The van der Waals surface area contributed by atoms with Crippen molar-refractivity contribution in [2.45, 2.75) is 32.2 Å². The van der Waals surface area contributed by atoms with Crippen LogP contribution in [0.25, 0.3) is 11.0 Å². The molecule has 1 fully saturated rings. The van der Waals surface area contributed by atoms with Gasteiger partial charge in [-0.05, 0) is 51.9 Å². The zero-order valence-electron chi connectivity index (χ0n) is 11.8. The van der Waals surface area contributed by atoms with Gasteiger partial charge in [0.15, 0.2) is 11.3 Å². The zero-order chi connectivity index (χ0) is 14.3. The predicted molar refractivity (Wildman–Crippen MR) is 80.4 cm³/mol. The number of para-hydroxylation sites is 1. The number of hydrogen-bond acceptors (Lipinski definition) is 3. The van der Waals surface area contributed by atoms with Crippen molar-refractivity contribution in [1.82, 2.24) is 4.90 Å². The number of nitrogens with zero attached hydrogens (tertiary/aromatic N) is 1. The number of furan rings is 1. The van der Waals surface area contributed by atoms with E-state index in [9.17, 15) is 4.79 Å². The fourth-order valence-corrected chi connectivity index (χ4v) is 3.08. The maximum atomic E-state index is 12.8. The maximum Gasteiger partial charge on any atom is 0.217 e. The number of hydrogen-bond donors (Lipinski definition) is 0. The Morgan fingerprint density at radius 3 is 2.65 bits per heavy atom. The van der Waals surface area contributed by atoms with E-state index in [0.29, 0.717) is 16.4 Å². The molecule has 0 atom stereocenters. The van der Waals surface area contributed by atoms with Crippen LogP contribution in [0.3, 0.4) is 0 Å². The Morgan fingerprint density at radius 2 is 2.00 bits per heavy atom. The Bertz CT molecular complexity index is 654. The van der Waals surface area contributed by atoms with Crippen LogP contribution in [0.5, 0.6) is 0 Å². The molecule has 20 heavy (non-hydrogen) atoms. The molecule has 0 aliphatic carbocycles. The molecule has 1 aromatic heterocycles. The summed E-state index contributed by atoms with van der Waals surface area (Å²) in [5.41, 5.74) is 0.0615. The number of halogens is 1. The lowest BCUT2D eigenvalue weighted by molar-refractivity contribution is 0.0675. The average molecular weight is 292 g/mol. The highest BCUT2D eigenvalue weighted by atomic mass is 35.5. The first kappa shape index (κ1) is 13.7. The SMILES string of the molecule is CC(C)(C(=O)c1cc2cccc(Cl)c2o1)N1CCCC1. The van der Waals surface area contributed by atoms with E-state index in [-0.39, 0.29) is 5.78 Å². The number of rotatable bonds is 3. The monoisotopic (exact) mass is 291 g/mol. The zero-order valence-corrected chi connectivity index (χ0v) is 12.5. The second-order valence-corrected chi connectivity index (χ2v) is 6.26. The van der Waals surface area contributed by atoms with E-state index < -0.39 is 5.54 Å². The number of Topliss-reactive ketones (excluding diaryl/α,β-unsaturated/α-hetero) is 1. The standard InChI is InChI=1S/C16H18ClNO2/c1-16(2,18-8-3-4-9-18)15(19)13-10-11-6-5-7-12(17)14(11)20-13/h5-7,10H,3-4,8-9H2,1-2H3. The molecule has 3 nitrogen and oxygen atoms in total. The lowest BCUT2D eigenvalue weighted by atomic mass is 9.95. The minimum Gasteiger partial charge on any atom is -0.451 e. The van der Waals surface area contributed by atoms with Crippen molar-refractivity contribution < 1.29 is 9.21 Å². The van der Waals surface area contributed by atoms with Crippen molar-refractivity contribution >= 4 is 28.4 Å². The van der Waals surface area contributed by atoms with Crippen LogP contribution in [-0.2, 0) is 0 Å². The second-order valence-electron chi connectivity index (χ2n) is 5.85. The molecule has 2 aromatic rings. The molecule has 1 aliphatic heterocycles. The summed E-state index contributed by atoms with van der Waals surface area (Å²) < 4.78 is 5.70. The molecule has 0 N–H and O–H groups in total. The van der Waals surface area contributed by atoms with Crippen molar-refractivity contribution in [1.29, 1.82) is 0 Å². The number of ketones is 1. The van der Waals surface area contributed by atoms with Crippen LogP contribution in [0.2, 0.25) is 5.02 Å². The molecule has 2 heterocycles. The van der Waals surface area contributed by atoms with E-state index >= 15 is 0 Å². The first-order valence-corrected chi connectivity index (χ1v) is 7.36. The van der Waals surface area contributed by atoms with Crippen molar-refractivity contribution in [3.8, 4) is 0 Å². The molecule has 106 valence electrons. The normalized spacial score (nSPS) is 16.9. The van der Waals surface area contributed by atoms with E-state index in [0.717, 1.165) is 31.3 Å². The van der Waals surface area contributed by atoms with Gasteiger partial charge >= 0.3 is 0 Å². The minimum atomic E-state index is -0.531. The quantitative estimate of drug-likeness (QED) is 0.797. The molecule has 4 heteroatoms. The van der Waals surface area contributed by atoms with E-state index in [1.54, 1.807) is 12.1 Å². The van der Waals surface area contributed by atoms with Crippen LogP contribution in [0.4, 0.5) is 0 Å². The highest BCUT2D eigenvalue weighted by Gasteiger charge is 2.38. The largest absolute Gasteiger partial charge is 0.451 e. The number of likely N-dealkylation sites (tertiary alicyclic amines) is 1. The Hall–Kier alpha value is -1.32. The number of fused-ring (bicyclic) bond motifs is 1. The van der Waals surface area contributed by atoms with Gasteiger partial charge in [-0.1, -0.05) is 23.7 Å². The Balaban J connectivity index is 1.97. The van der Waals surface area contributed by atoms with Crippen molar-refractivity contribution in [2.75, 3.05) is 13.1 Å². The lowest BCUT2D eigenvalue weighted by Gasteiger charge is -2.32. The molecule has 3 rings (SSSR count). The summed E-state index contributed by atoms with van der Waals surface area (Å²) in [7, 11) is 0. The molecule has 1 saturated heterocycles. The average Bonchev–Trinajstić information content (AvgIpc) is 3.07. The third-order valence-corrected chi connectivity index (χ3v) is 4.47. The van der Waals surface area contributed by atoms with Gasteiger partial charge in [0.1, 0.15) is 0 Å². The predicted octanol–water partition coefficient (Wildman–Crippen LogP) is 4.14. The first-order chi connectivity index (χ1) is 9.50. The van der Waals surface area contributed by atoms with Gasteiger partial charge in [0, 0.05) is 5.39 Å². The second kappa shape index (κ2) is 4.90. The van der Waals surface area contributed by atoms with Gasteiger partial charge < -0.3 is 4.42 Å². The van der Waals surface area contributed by atoms with Gasteiger partial charge in [0.2, 0.25) is 5.78 Å². The summed E-state index contributed by atoms with van der Waals surface area (Å²) in [6, 6.07) is 7.33. The highest BCUT2D eigenvalue weighted by molar-refractivity contribution is 6.34. The Labute approximate surface area is 123 Å². The molecule has 0 bridgehead atoms. The van der Waals surface area contributed by atoms with Crippen LogP contribution in [0.1, 0.15) is 37.2 Å². The van der Waals surface area contributed by atoms with E-state index in [2.05, 4.69) is 4.90 Å². The van der Waals surface area contributed by atoms with Crippen LogP contribution in [0.15, 0.2) is 28.7 Å². The van der Waals surface area contributed by atoms with Crippen molar-refractivity contribution in [3.05, 3.63) is 35.0 Å². The molecule has 1 aliphatic rings. The van der Waals surface area contributed by atoms with E-state index in [1.807, 2.05) is 26.0 Å². The third kappa shape index (κ3) is 2.15. The summed E-state index contributed by atoms with van der Waals surface area (Å²) in [5.74, 6) is 0.414. The van der Waals surface area contributed by atoms with Crippen LogP contribution in [0, 0.1) is 0 Å². The molecule has 0 saturated carbocycles. The van der Waals surface area contributed by atoms with E-state index in [4.69, 9.17) is 16.0 Å². The van der Waals surface area contributed by atoms with Gasteiger partial charge in [0.25, 0.3) is 0 Å². The fourth-order valence-electron chi connectivity index (χ4n) is 2.86. The summed E-state index contributed by atoms with van der Waals surface area (Å²) >= 11 is 6.10. The number of carbonyl (C=O) groups excluding carboxylic acids is 1. The molecular weight excluding hydrogens is 274 g/mol. The highest BCUT2D eigenvalue weighted by Crippen LogP contribution is 2.30. The van der Waals surface area contributed by atoms with Gasteiger partial charge in [-0.25, -0.2) is 0 Å². The lowest BCUT2D eigenvalue weighted by Crippen LogP contribution is -2.48. The molecular formula is C16H18ClNO2. The molecule has 0 spiro atoms. The minimum absolute atomic E-state index is 0.0201. The van der Waals surface area contributed by atoms with Crippen LogP contribution in [-0.4, -0.2) is 29.3 Å². The Morgan fingerprint density at radius 1 is 1.30 bits per heavy atom. The number of carbonyl (C=O) groups is 1. The van der Waals surface area contributed by atoms with Gasteiger partial charge in [0.05, 0.1) is 10.6 Å². The van der Waals surface area contributed by atoms with E-state index in [1.165, 1.54) is 0 Å². The van der Waals surface area contributed by atoms with Crippen LogP contribution >= 0.6 is 11.6 Å². The summed E-state index contributed by atoms with van der Waals surface area (Å²) in [6.45, 7) is 5.88. The summed E-state index contributed by atoms with van der Waals surface area (Å²) in [5, 5.41) is 1.42.